The number of anilines is 1. The smallest absolute Gasteiger partial charge is 0.416 e. The number of rotatable bonds is 6. The lowest BCUT2D eigenvalue weighted by molar-refractivity contribution is -0.137. The Balaban J connectivity index is 1.12. The molecule has 2 atom stereocenters. The summed E-state index contributed by atoms with van der Waals surface area (Å²) in [6, 6.07) is 12.5. The SMILES string of the molecule is CS(=O)(=O)N1C[C@H]2C[C@H]1CN2Cc1cc(Oc2ccc3c(ccn3C(=O)Nc3cccc(C(F)(F)F)c3)c2)ncn1. The summed E-state index contributed by atoms with van der Waals surface area (Å²) in [6.45, 7) is 1.67. The number of likely N-dealkylation sites (tertiary alicyclic amines) is 1. The molecule has 10 nitrogen and oxygen atoms in total. The van der Waals surface area contributed by atoms with Gasteiger partial charge in [-0.3, -0.25) is 9.47 Å². The van der Waals surface area contributed by atoms with Crippen molar-refractivity contribution in [3.63, 3.8) is 0 Å². The zero-order valence-corrected chi connectivity index (χ0v) is 22.6. The Morgan fingerprint density at radius 3 is 2.63 bits per heavy atom. The van der Waals surface area contributed by atoms with Crippen molar-refractivity contribution in [1.82, 2.24) is 23.7 Å². The van der Waals surface area contributed by atoms with E-state index in [4.69, 9.17) is 4.74 Å². The summed E-state index contributed by atoms with van der Waals surface area (Å²) in [5.41, 5.74) is 0.457. The molecule has 14 heteroatoms. The van der Waals surface area contributed by atoms with Gasteiger partial charge in [0.15, 0.2) is 0 Å². The average Bonchev–Trinajstić information content (AvgIpc) is 3.62. The summed E-state index contributed by atoms with van der Waals surface area (Å²) in [4.78, 5) is 23.6. The summed E-state index contributed by atoms with van der Waals surface area (Å²) < 4.78 is 71.8. The highest BCUT2D eigenvalue weighted by atomic mass is 32.2. The Hall–Kier alpha value is -4.01. The third-order valence-electron chi connectivity index (χ3n) is 7.34. The van der Waals surface area contributed by atoms with Crippen LogP contribution in [0.1, 0.15) is 17.7 Å². The average molecular weight is 587 g/mol. The number of benzene rings is 2. The number of nitrogens with one attached hydrogen (secondary N) is 1. The second kappa shape index (κ2) is 10.1. The number of ether oxygens (including phenoxy) is 1. The van der Waals surface area contributed by atoms with Crippen LogP contribution in [0.5, 0.6) is 11.6 Å². The first-order valence-electron chi connectivity index (χ1n) is 12.7. The van der Waals surface area contributed by atoms with Crippen molar-refractivity contribution in [2.45, 2.75) is 31.2 Å². The van der Waals surface area contributed by atoms with Crippen molar-refractivity contribution in [2.24, 2.45) is 0 Å². The molecule has 2 aliphatic heterocycles. The van der Waals surface area contributed by atoms with Crippen molar-refractivity contribution in [3.8, 4) is 11.6 Å². The van der Waals surface area contributed by atoms with E-state index >= 15 is 0 Å². The summed E-state index contributed by atoms with van der Waals surface area (Å²) in [6.07, 6.45) is 0.467. The van der Waals surface area contributed by atoms with Crippen LogP contribution < -0.4 is 10.1 Å². The largest absolute Gasteiger partial charge is 0.439 e. The lowest BCUT2D eigenvalue weighted by atomic mass is 10.2. The van der Waals surface area contributed by atoms with Gasteiger partial charge in [-0.1, -0.05) is 6.07 Å². The number of halogens is 3. The van der Waals surface area contributed by atoms with E-state index in [1.54, 1.807) is 34.6 Å². The highest BCUT2D eigenvalue weighted by Crippen LogP contribution is 2.34. The number of hydrogen-bond donors (Lipinski definition) is 1. The highest BCUT2D eigenvalue weighted by molar-refractivity contribution is 7.88. The van der Waals surface area contributed by atoms with Crippen LogP contribution in [0, 0.1) is 0 Å². The summed E-state index contributed by atoms with van der Waals surface area (Å²) in [5.74, 6) is 0.806. The zero-order chi connectivity index (χ0) is 28.9. The molecule has 41 heavy (non-hydrogen) atoms. The van der Waals surface area contributed by atoms with Crippen molar-refractivity contribution in [2.75, 3.05) is 24.7 Å². The predicted octanol–water partition coefficient (Wildman–Crippen LogP) is 4.54. The molecule has 0 radical (unpaired) electrons. The number of aromatic nitrogens is 3. The molecule has 1 N–H and O–H groups in total. The third kappa shape index (κ3) is 5.62. The van der Waals surface area contributed by atoms with Crippen LogP contribution in [0.2, 0.25) is 0 Å². The molecule has 2 aliphatic rings. The number of carbonyl (C=O) groups is 1. The Morgan fingerprint density at radius 1 is 1.07 bits per heavy atom. The van der Waals surface area contributed by atoms with Gasteiger partial charge in [0.05, 0.1) is 23.0 Å². The van der Waals surface area contributed by atoms with Crippen molar-refractivity contribution in [3.05, 3.63) is 78.4 Å². The standard InChI is InChI=1S/C27H25F3N6O4S/c1-41(38,39)36-15-21-12-22(36)14-34(21)13-20-11-25(32-16-31-20)40-23-5-6-24-17(9-23)7-8-35(24)26(37)33-19-4-2-3-18(10-19)27(28,29)30/h2-11,16,21-22H,12-15H2,1H3,(H,33,37)/t21-,22+/m1/s1. The first kappa shape index (κ1) is 27.2. The van der Waals surface area contributed by atoms with Crippen molar-refractivity contribution >= 4 is 32.6 Å². The van der Waals surface area contributed by atoms with E-state index in [9.17, 15) is 26.4 Å². The molecule has 4 aromatic rings. The minimum atomic E-state index is -4.52. The fourth-order valence-corrected chi connectivity index (χ4v) is 6.62. The van der Waals surface area contributed by atoms with Gasteiger partial charge < -0.3 is 10.1 Å². The molecule has 1 amide bonds. The summed E-state index contributed by atoms with van der Waals surface area (Å²) in [5, 5.41) is 3.18. The van der Waals surface area contributed by atoms with Gasteiger partial charge in [0.25, 0.3) is 0 Å². The number of fused-ring (bicyclic) bond motifs is 3. The molecule has 2 saturated heterocycles. The fourth-order valence-electron chi connectivity index (χ4n) is 5.48. The highest BCUT2D eigenvalue weighted by Gasteiger charge is 2.46. The van der Waals surface area contributed by atoms with E-state index in [2.05, 4.69) is 20.2 Å². The normalized spacial score (nSPS) is 19.6. The van der Waals surface area contributed by atoms with Crippen LogP contribution in [0.3, 0.4) is 0 Å². The molecule has 2 fully saturated rings. The van der Waals surface area contributed by atoms with Crippen LogP contribution in [-0.2, 0) is 22.7 Å². The number of hydrogen-bond acceptors (Lipinski definition) is 7. The monoisotopic (exact) mass is 586 g/mol. The third-order valence-corrected chi connectivity index (χ3v) is 8.64. The minimum Gasteiger partial charge on any atom is -0.439 e. The van der Waals surface area contributed by atoms with E-state index in [1.165, 1.54) is 35.5 Å². The summed E-state index contributed by atoms with van der Waals surface area (Å²) in [7, 11) is -3.21. The molecule has 0 saturated carbocycles. The molecule has 2 aromatic heterocycles. The van der Waals surface area contributed by atoms with E-state index in [-0.39, 0.29) is 17.8 Å². The minimum absolute atomic E-state index is 0.0151. The maximum absolute atomic E-state index is 13.0. The summed E-state index contributed by atoms with van der Waals surface area (Å²) >= 11 is 0. The number of nitrogens with zero attached hydrogens (tertiary/aromatic N) is 5. The Labute approximate surface area is 233 Å². The molecule has 0 aliphatic carbocycles. The Kier molecular flexibility index (Phi) is 6.71. The molecule has 4 heterocycles. The van der Waals surface area contributed by atoms with Crippen molar-refractivity contribution < 1.29 is 31.1 Å². The zero-order valence-electron chi connectivity index (χ0n) is 21.7. The van der Waals surface area contributed by atoms with E-state index in [1.807, 2.05) is 0 Å². The van der Waals surface area contributed by atoms with Gasteiger partial charge in [0.1, 0.15) is 12.1 Å². The predicted molar refractivity (Wildman–Crippen MR) is 144 cm³/mol. The second-order valence-electron chi connectivity index (χ2n) is 10.2. The molecule has 6 rings (SSSR count). The molecule has 0 spiro atoms. The van der Waals surface area contributed by atoms with Crippen LogP contribution in [-0.4, -0.2) is 69.6 Å². The van der Waals surface area contributed by atoms with Gasteiger partial charge in [0, 0.05) is 55.1 Å². The first-order valence-corrected chi connectivity index (χ1v) is 14.6. The van der Waals surface area contributed by atoms with Gasteiger partial charge in [-0.15, -0.1) is 0 Å². The lowest BCUT2D eigenvalue weighted by Gasteiger charge is -2.32. The van der Waals surface area contributed by atoms with E-state index in [0.29, 0.717) is 42.2 Å². The number of sulfonamides is 1. The molecule has 0 unspecified atom stereocenters. The van der Waals surface area contributed by atoms with Crippen LogP contribution >= 0.6 is 0 Å². The number of piperazine rings is 1. The van der Waals surface area contributed by atoms with Crippen LogP contribution in [0.4, 0.5) is 23.7 Å². The van der Waals surface area contributed by atoms with E-state index in [0.717, 1.165) is 24.2 Å². The van der Waals surface area contributed by atoms with Gasteiger partial charge in [-0.05, 0) is 48.9 Å². The second-order valence-corrected chi connectivity index (χ2v) is 12.1. The molecule has 2 aromatic carbocycles. The number of alkyl halides is 3. The van der Waals surface area contributed by atoms with Gasteiger partial charge >= 0.3 is 12.2 Å². The van der Waals surface area contributed by atoms with Gasteiger partial charge in [0.2, 0.25) is 15.9 Å². The molecule has 2 bridgehead atoms. The Morgan fingerprint density at radius 2 is 1.90 bits per heavy atom. The number of carbonyl (C=O) groups excluding carboxylic acids is 1. The van der Waals surface area contributed by atoms with Gasteiger partial charge in [-0.25, -0.2) is 23.2 Å². The fraction of sp³-hybridized carbons (Fsp3) is 0.296. The maximum atomic E-state index is 13.0. The molecular weight excluding hydrogens is 561 g/mol. The van der Waals surface area contributed by atoms with Gasteiger partial charge in [-0.2, -0.15) is 17.5 Å². The molecule has 214 valence electrons. The van der Waals surface area contributed by atoms with E-state index < -0.39 is 27.8 Å². The molecular formula is C27H25F3N6O4S. The first-order chi connectivity index (χ1) is 19.4. The van der Waals surface area contributed by atoms with Crippen LogP contribution in [0.25, 0.3) is 10.9 Å². The number of amides is 1. The maximum Gasteiger partial charge on any atom is 0.416 e. The quantitative estimate of drug-likeness (QED) is 0.353. The topological polar surface area (TPSA) is 110 Å². The van der Waals surface area contributed by atoms with Crippen LogP contribution in [0.15, 0.2) is 67.1 Å². The Bertz CT molecular complexity index is 1740. The lowest BCUT2D eigenvalue weighted by Crippen LogP contribution is -2.47. The van der Waals surface area contributed by atoms with Crippen molar-refractivity contribution in [1.29, 1.82) is 0 Å².